The molecule has 0 spiro atoms. The van der Waals surface area contributed by atoms with Gasteiger partial charge in [0, 0.05) is 6.61 Å². The Morgan fingerprint density at radius 2 is 1.56 bits per heavy atom. The van der Waals surface area contributed by atoms with Gasteiger partial charge >= 0.3 is 0 Å². The summed E-state index contributed by atoms with van der Waals surface area (Å²) in [4.78, 5) is 0. The number of aliphatic hydroxyl groups excluding tert-OH is 1. The van der Waals surface area contributed by atoms with Gasteiger partial charge in [-0.05, 0) is 12.3 Å². The molecule has 0 aromatic heterocycles. The Morgan fingerprint density at radius 3 is 2.19 bits per heavy atom. The first kappa shape index (κ1) is 15.9. The van der Waals surface area contributed by atoms with E-state index in [4.69, 9.17) is 9.84 Å². The Bertz CT molecular complexity index is 126. The van der Waals surface area contributed by atoms with Crippen molar-refractivity contribution in [2.75, 3.05) is 19.8 Å². The highest BCUT2D eigenvalue weighted by Crippen LogP contribution is 2.13. The molecule has 1 unspecified atom stereocenters. The molecule has 1 atom stereocenters. The molecule has 0 aromatic rings. The quantitative estimate of drug-likeness (QED) is 0.517. The summed E-state index contributed by atoms with van der Waals surface area (Å²) in [6, 6.07) is 0. The molecule has 98 valence electrons. The first-order valence-electron chi connectivity index (χ1n) is 6.99. The maximum absolute atomic E-state index is 8.51. The molecular formula is C14H30O2. The van der Waals surface area contributed by atoms with Crippen LogP contribution in [0.15, 0.2) is 0 Å². The van der Waals surface area contributed by atoms with E-state index in [1.54, 1.807) is 0 Å². The molecule has 16 heavy (non-hydrogen) atoms. The van der Waals surface area contributed by atoms with Gasteiger partial charge in [-0.25, -0.2) is 0 Å². The third kappa shape index (κ3) is 12.0. The second-order valence-corrected chi connectivity index (χ2v) is 4.76. The number of hydrogen-bond acceptors (Lipinski definition) is 2. The van der Waals surface area contributed by atoms with Crippen LogP contribution in [0, 0.1) is 5.92 Å². The highest BCUT2D eigenvalue weighted by atomic mass is 16.5. The van der Waals surface area contributed by atoms with Crippen molar-refractivity contribution >= 4 is 0 Å². The van der Waals surface area contributed by atoms with Gasteiger partial charge < -0.3 is 9.84 Å². The topological polar surface area (TPSA) is 29.5 Å². The lowest BCUT2D eigenvalue weighted by molar-refractivity contribution is 0.0895. The van der Waals surface area contributed by atoms with Crippen LogP contribution in [0.2, 0.25) is 0 Å². The van der Waals surface area contributed by atoms with Crippen LogP contribution in [0.5, 0.6) is 0 Å². The molecule has 0 aliphatic rings. The van der Waals surface area contributed by atoms with Gasteiger partial charge in [0.2, 0.25) is 0 Å². The van der Waals surface area contributed by atoms with E-state index >= 15 is 0 Å². The zero-order valence-electron chi connectivity index (χ0n) is 11.2. The van der Waals surface area contributed by atoms with Crippen LogP contribution < -0.4 is 0 Å². The maximum Gasteiger partial charge on any atom is 0.0697 e. The molecule has 0 aliphatic heterocycles. The summed E-state index contributed by atoms with van der Waals surface area (Å²) in [5.41, 5.74) is 0. The Kier molecular flexibility index (Phi) is 12.9. The number of aliphatic hydroxyl groups is 1. The molecule has 1 N–H and O–H groups in total. The minimum absolute atomic E-state index is 0.148. The molecule has 0 fully saturated rings. The van der Waals surface area contributed by atoms with Crippen molar-refractivity contribution in [3.63, 3.8) is 0 Å². The molecule has 0 saturated heterocycles. The van der Waals surface area contributed by atoms with E-state index in [1.807, 2.05) is 0 Å². The van der Waals surface area contributed by atoms with Gasteiger partial charge in [-0.3, -0.25) is 0 Å². The SMILES string of the molecule is CCC(C)CCCCCCCCOCCO. The van der Waals surface area contributed by atoms with Crippen molar-refractivity contribution in [1.82, 2.24) is 0 Å². The van der Waals surface area contributed by atoms with E-state index in [0.717, 1.165) is 18.9 Å². The summed E-state index contributed by atoms with van der Waals surface area (Å²) in [6.45, 7) is 6.08. The van der Waals surface area contributed by atoms with Crippen LogP contribution in [0.1, 0.15) is 65.2 Å². The van der Waals surface area contributed by atoms with Crippen molar-refractivity contribution < 1.29 is 9.84 Å². The first-order valence-corrected chi connectivity index (χ1v) is 6.99. The fourth-order valence-corrected chi connectivity index (χ4v) is 1.77. The van der Waals surface area contributed by atoms with Crippen LogP contribution in [0.4, 0.5) is 0 Å². The summed E-state index contributed by atoms with van der Waals surface area (Å²) in [5.74, 6) is 0.909. The van der Waals surface area contributed by atoms with Crippen LogP contribution in [0.3, 0.4) is 0 Å². The third-order valence-electron chi connectivity index (χ3n) is 3.17. The van der Waals surface area contributed by atoms with E-state index in [0.29, 0.717) is 6.61 Å². The summed E-state index contributed by atoms with van der Waals surface area (Å²) in [6.07, 6.45) is 10.6. The van der Waals surface area contributed by atoms with Gasteiger partial charge in [0.1, 0.15) is 0 Å². The highest BCUT2D eigenvalue weighted by molar-refractivity contribution is 4.51. The molecular weight excluding hydrogens is 200 g/mol. The number of hydrogen-bond donors (Lipinski definition) is 1. The van der Waals surface area contributed by atoms with Gasteiger partial charge in [0.05, 0.1) is 13.2 Å². The van der Waals surface area contributed by atoms with Crippen LogP contribution in [-0.4, -0.2) is 24.9 Å². The fraction of sp³-hybridized carbons (Fsp3) is 1.00. The molecule has 0 aromatic carbocycles. The zero-order valence-corrected chi connectivity index (χ0v) is 11.2. The molecule has 0 rings (SSSR count). The molecule has 2 heteroatoms. The van der Waals surface area contributed by atoms with Gasteiger partial charge in [-0.15, -0.1) is 0 Å². The lowest BCUT2D eigenvalue weighted by atomic mass is 10.00. The highest BCUT2D eigenvalue weighted by Gasteiger charge is 1.98. The molecule has 0 heterocycles. The minimum atomic E-state index is 0.148. The predicted octanol–water partition coefficient (Wildman–Crippen LogP) is 3.77. The number of ether oxygens (including phenoxy) is 1. The molecule has 0 bridgehead atoms. The van der Waals surface area contributed by atoms with Crippen molar-refractivity contribution in [2.24, 2.45) is 5.92 Å². The third-order valence-corrected chi connectivity index (χ3v) is 3.17. The van der Waals surface area contributed by atoms with Gasteiger partial charge in [-0.2, -0.15) is 0 Å². The largest absolute Gasteiger partial charge is 0.394 e. The molecule has 2 nitrogen and oxygen atoms in total. The average Bonchev–Trinajstić information content (AvgIpc) is 2.31. The Hall–Kier alpha value is -0.0800. The van der Waals surface area contributed by atoms with Gasteiger partial charge in [0.25, 0.3) is 0 Å². The normalized spacial score (nSPS) is 12.9. The van der Waals surface area contributed by atoms with Crippen molar-refractivity contribution in [1.29, 1.82) is 0 Å². The summed E-state index contributed by atoms with van der Waals surface area (Å²) >= 11 is 0. The second kappa shape index (κ2) is 13.0. The monoisotopic (exact) mass is 230 g/mol. The van der Waals surface area contributed by atoms with Crippen molar-refractivity contribution in [3.05, 3.63) is 0 Å². The Balaban J connectivity index is 2.93. The molecule has 0 aliphatic carbocycles. The first-order chi connectivity index (χ1) is 7.81. The van der Waals surface area contributed by atoms with Crippen LogP contribution in [0.25, 0.3) is 0 Å². The van der Waals surface area contributed by atoms with E-state index in [-0.39, 0.29) is 6.61 Å². The van der Waals surface area contributed by atoms with Gasteiger partial charge in [-0.1, -0.05) is 58.8 Å². The summed E-state index contributed by atoms with van der Waals surface area (Å²) in [7, 11) is 0. The van der Waals surface area contributed by atoms with E-state index < -0.39 is 0 Å². The Morgan fingerprint density at radius 1 is 0.938 bits per heavy atom. The maximum atomic E-state index is 8.51. The summed E-state index contributed by atoms with van der Waals surface area (Å²) in [5, 5.41) is 8.51. The van der Waals surface area contributed by atoms with Gasteiger partial charge in [0.15, 0.2) is 0 Å². The smallest absolute Gasteiger partial charge is 0.0697 e. The van der Waals surface area contributed by atoms with Crippen molar-refractivity contribution in [2.45, 2.75) is 65.2 Å². The standard InChI is InChI=1S/C14H30O2/c1-3-14(2)10-8-6-4-5-7-9-12-16-13-11-15/h14-15H,3-13H2,1-2H3. The minimum Gasteiger partial charge on any atom is -0.394 e. The summed E-state index contributed by atoms with van der Waals surface area (Å²) < 4.78 is 5.21. The lowest BCUT2D eigenvalue weighted by Crippen LogP contribution is -2.00. The lowest BCUT2D eigenvalue weighted by Gasteiger charge is -2.07. The average molecular weight is 230 g/mol. The molecule has 0 radical (unpaired) electrons. The second-order valence-electron chi connectivity index (χ2n) is 4.76. The van der Waals surface area contributed by atoms with Crippen LogP contribution >= 0.6 is 0 Å². The van der Waals surface area contributed by atoms with E-state index in [9.17, 15) is 0 Å². The molecule has 0 saturated carbocycles. The van der Waals surface area contributed by atoms with Crippen LogP contribution in [-0.2, 0) is 4.74 Å². The van der Waals surface area contributed by atoms with E-state index in [1.165, 1.54) is 44.9 Å². The Labute approximate surface area is 101 Å². The predicted molar refractivity (Wildman–Crippen MR) is 69.7 cm³/mol. The van der Waals surface area contributed by atoms with Crippen molar-refractivity contribution in [3.8, 4) is 0 Å². The van der Waals surface area contributed by atoms with E-state index in [2.05, 4.69) is 13.8 Å². The number of unbranched alkanes of at least 4 members (excludes halogenated alkanes) is 5. The fourth-order valence-electron chi connectivity index (χ4n) is 1.77. The number of rotatable bonds is 12. The molecule has 0 amide bonds. The zero-order chi connectivity index (χ0) is 12.1.